The normalized spacial score (nSPS) is 17.0. The fourth-order valence-electron chi connectivity index (χ4n) is 3.09. The minimum atomic E-state index is -0.147. The highest BCUT2D eigenvalue weighted by molar-refractivity contribution is 6.36. The molecule has 146 valence electrons. The summed E-state index contributed by atoms with van der Waals surface area (Å²) in [4.78, 5) is 39.9. The van der Waals surface area contributed by atoms with Crippen LogP contribution in [0.2, 0.25) is 10.0 Å². The molecule has 1 aromatic carbocycles. The molecule has 1 saturated carbocycles. The van der Waals surface area contributed by atoms with Gasteiger partial charge in [0.15, 0.2) is 0 Å². The summed E-state index contributed by atoms with van der Waals surface area (Å²) in [6, 6.07) is 4.82. The van der Waals surface area contributed by atoms with Crippen LogP contribution < -0.4 is 5.32 Å². The number of rotatable bonds is 6. The lowest BCUT2D eigenvalue weighted by atomic mass is 10.1. The third kappa shape index (κ3) is 5.36. The maximum atomic E-state index is 12.6. The summed E-state index contributed by atoms with van der Waals surface area (Å²) >= 11 is 12.0. The topological polar surface area (TPSA) is 69.7 Å². The van der Waals surface area contributed by atoms with E-state index in [1.54, 1.807) is 28.0 Å². The van der Waals surface area contributed by atoms with Crippen molar-refractivity contribution in [1.82, 2.24) is 15.1 Å². The Hall–Kier alpha value is -1.79. The van der Waals surface area contributed by atoms with Gasteiger partial charge in [0.1, 0.15) is 0 Å². The van der Waals surface area contributed by atoms with Gasteiger partial charge in [0.2, 0.25) is 11.8 Å². The van der Waals surface area contributed by atoms with E-state index in [1.807, 2.05) is 0 Å². The molecule has 1 heterocycles. The van der Waals surface area contributed by atoms with Gasteiger partial charge in [0.05, 0.1) is 10.6 Å². The molecule has 0 atom stereocenters. The first-order valence-corrected chi connectivity index (χ1v) is 10.0. The number of nitrogens with zero attached hydrogens (tertiary/aromatic N) is 2. The monoisotopic (exact) mass is 411 g/mol. The summed E-state index contributed by atoms with van der Waals surface area (Å²) in [6.07, 6.45) is 3.00. The molecule has 1 aliphatic carbocycles. The number of amides is 3. The molecule has 1 N–H and O–H groups in total. The zero-order valence-corrected chi connectivity index (χ0v) is 16.6. The predicted molar refractivity (Wildman–Crippen MR) is 104 cm³/mol. The van der Waals surface area contributed by atoms with Gasteiger partial charge < -0.3 is 15.1 Å². The van der Waals surface area contributed by atoms with E-state index in [4.69, 9.17) is 23.2 Å². The molecule has 6 nitrogen and oxygen atoms in total. The van der Waals surface area contributed by atoms with Crippen molar-refractivity contribution < 1.29 is 14.4 Å². The molecule has 0 bridgehead atoms. The van der Waals surface area contributed by atoms with Crippen LogP contribution in [-0.4, -0.2) is 60.2 Å². The molecule has 2 aliphatic rings. The highest BCUT2D eigenvalue weighted by atomic mass is 35.5. The van der Waals surface area contributed by atoms with Crippen LogP contribution in [0, 0.1) is 5.92 Å². The molecule has 27 heavy (non-hydrogen) atoms. The smallest absolute Gasteiger partial charge is 0.255 e. The third-order valence-electron chi connectivity index (χ3n) is 4.90. The predicted octanol–water partition coefficient (Wildman–Crippen LogP) is 2.58. The third-order valence-corrected chi connectivity index (χ3v) is 5.44. The number of hydrogen-bond donors (Lipinski definition) is 1. The largest absolute Gasteiger partial charge is 0.356 e. The second kappa shape index (κ2) is 8.93. The van der Waals surface area contributed by atoms with E-state index in [2.05, 4.69) is 5.32 Å². The molecule has 8 heteroatoms. The molecule has 0 aromatic heterocycles. The maximum absolute atomic E-state index is 12.6. The lowest BCUT2D eigenvalue weighted by Crippen LogP contribution is -2.50. The van der Waals surface area contributed by atoms with Crippen molar-refractivity contribution in [2.24, 2.45) is 5.92 Å². The van der Waals surface area contributed by atoms with Gasteiger partial charge in [0.25, 0.3) is 5.91 Å². The van der Waals surface area contributed by atoms with Crippen LogP contribution in [0.5, 0.6) is 0 Å². The molecule has 2 fully saturated rings. The van der Waals surface area contributed by atoms with Gasteiger partial charge in [0, 0.05) is 50.1 Å². The van der Waals surface area contributed by atoms with Crippen LogP contribution in [0.1, 0.15) is 36.0 Å². The van der Waals surface area contributed by atoms with E-state index in [9.17, 15) is 14.4 Å². The Morgan fingerprint density at radius 1 is 1.04 bits per heavy atom. The van der Waals surface area contributed by atoms with Crippen molar-refractivity contribution in [3.63, 3.8) is 0 Å². The molecule has 0 unspecified atom stereocenters. The van der Waals surface area contributed by atoms with Crippen molar-refractivity contribution in [1.29, 1.82) is 0 Å². The molecule has 0 radical (unpaired) electrons. The van der Waals surface area contributed by atoms with Gasteiger partial charge in [-0.2, -0.15) is 0 Å². The zero-order chi connectivity index (χ0) is 19.4. The summed E-state index contributed by atoms with van der Waals surface area (Å²) < 4.78 is 0. The number of halogens is 2. The number of carbonyl (C=O) groups excluding carboxylic acids is 3. The molecular formula is C19H23Cl2N3O3. The second-order valence-corrected chi connectivity index (χ2v) is 7.81. The molecular weight excluding hydrogens is 389 g/mol. The molecule has 1 saturated heterocycles. The summed E-state index contributed by atoms with van der Waals surface area (Å²) in [5.41, 5.74) is 0.423. The van der Waals surface area contributed by atoms with Crippen LogP contribution in [0.15, 0.2) is 18.2 Å². The first kappa shape index (κ1) is 20.0. The van der Waals surface area contributed by atoms with Crippen molar-refractivity contribution in [2.75, 3.05) is 32.7 Å². The Kier molecular flexibility index (Phi) is 6.60. The standard InChI is InChI=1S/C19H23Cl2N3O3/c20-14-5-6-15(16(21)12-14)19(27)24-10-8-23(9-11-24)17(25)2-1-7-22-18(26)13-3-4-13/h5-6,12-13H,1-4,7-11H2,(H,22,26). The maximum Gasteiger partial charge on any atom is 0.255 e. The van der Waals surface area contributed by atoms with E-state index in [1.165, 1.54) is 0 Å². The van der Waals surface area contributed by atoms with Crippen LogP contribution in [0.4, 0.5) is 0 Å². The number of hydrogen-bond acceptors (Lipinski definition) is 3. The van der Waals surface area contributed by atoms with Gasteiger partial charge in [-0.25, -0.2) is 0 Å². The number of piperazine rings is 1. The van der Waals surface area contributed by atoms with E-state index in [-0.39, 0.29) is 23.6 Å². The van der Waals surface area contributed by atoms with Crippen LogP contribution in [0.3, 0.4) is 0 Å². The van der Waals surface area contributed by atoms with Crippen LogP contribution in [-0.2, 0) is 9.59 Å². The number of nitrogens with one attached hydrogen (secondary N) is 1. The van der Waals surface area contributed by atoms with E-state index < -0.39 is 0 Å². The summed E-state index contributed by atoms with van der Waals surface area (Å²) in [5, 5.41) is 3.69. The molecule has 1 aliphatic heterocycles. The molecule has 1 aromatic rings. The Morgan fingerprint density at radius 3 is 2.33 bits per heavy atom. The summed E-state index contributed by atoms with van der Waals surface area (Å²) in [5.74, 6) is 0.217. The quantitative estimate of drug-likeness (QED) is 0.731. The minimum absolute atomic E-state index is 0.0623. The highest BCUT2D eigenvalue weighted by Crippen LogP contribution is 2.28. The van der Waals surface area contributed by atoms with Crippen molar-refractivity contribution in [3.8, 4) is 0 Å². The highest BCUT2D eigenvalue weighted by Gasteiger charge is 2.29. The lowest BCUT2D eigenvalue weighted by Gasteiger charge is -2.35. The first-order valence-electron chi connectivity index (χ1n) is 9.25. The minimum Gasteiger partial charge on any atom is -0.356 e. The van der Waals surface area contributed by atoms with E-state index in [0.717, 1.165) is 12.8 Å². The van der Waals surface area contributed by atoms with Crippen molar-refractivity contribution in [3.05, 3.63) is 33.8 Å². The first-order chi connectivity index (χ1) is 13.0. The van der Waals surface area contributed by atoms with Gasteiger partial charge >= 0.3 is 0 Å². The second-order valence-electron chi connectivity index (χ2n) is 6.97. The average molecular weight is 412 g/mol. The molecule has 3 rings (SSSR count). The molecule has 0 spiro atoms. The van der Waals surface area contributed by atoms with Gasteiger partial charge in [-0.3, -0.25) is 14.4 Å². The van der Waals surface area contributed by atoms with E-state index in [0.29, 0.717) is 61.2 Å². The van der Waals surface area contributed by atoms with E-state index >= 15 is 0 Å². The van der Waals surface area contributed by atoms with Gasteiger partial charge in [-0.1, -0.05) is 23.2 Å². The Labute approximate surface area is 168 Å². The van der Waals surface area contributed by atoms with Crippen LogP contribution >= 0.6 is 23.2 Å². The zero-order valence-electron chi connectivity index (χ0n) is 15.0. The number of benzene rings is 1. The fourth-order valence-corrected chi connectivity index (χ4v) is 3.58. The van der Waals surface area contributed by atoms with Crippen molar-refractivity contribution in [2.45, 2.75) is 25.7 Å². The SMILES string of the molecule is O=C(NCCCC(=O)N1CCN(C(=O)c2ccc(Cl)cc2Cl)CC1)C1CC1. The van der Waals surface area contributed by atoms with Gasteiger partial charge in [-0.15, -0.1) is 0 Å². The Balaban J connectivity index is 1.40. The average Bonchev–Trinajstić information content (AvgIpc) is 3.50. The Bertz CT molecular complexity index is 729. The van der Waals surface area contributed by atoms with Crippen molar-refractivity contribution >= 4 is 40.9 Å². The lowest BCUT2D eigenvalue weighted by molar-refractivity contribution is -0.133. The fraction of sp³-hybridized carbons (Fsp3) is 0.526. The van der Waals surface area contributed by atoms with Gasteiger partial charge in [-0.05, 0) is 37.5 Å². The molecule has 3 amide bonds. The van der Waals surface area contributed by atoms with Crippen LogP contribution in [0.25, 0.3) is 0 Å². The summed E-state index contributed by atoms with van der Waals surface area (Å²) in [7, 11) is 0. The Morgan fingerprint density at radius 2 is 1.70 bits per heavy atom. The number of carbonyl (C=O) groups is 3. The summed E-state index contributed by atoms with van der Waals surface area (Å²) in [6.45, 7) is 2.49.